The molecule has 3 aromatic rings. The lowest BCUT2D eigenvalue weighted by Gasteiger charge is -2.22. The van der Waals surface area contributed by atoms with E-state index in [9.17, 15) is 27.6 Å². The van der Waals surface area contributed by atoms with Gasteiger partial charge in [0, 0.05) is 23.5 Å². The van der Waals surface area contributed by atoms with Gasteiger partial charge in [0.2, 0.25) is 0 Å². The number of rotatable bonds is 6. The average Bonchev–Trinajstić information content (AvgIpc) is 3.60. The first kappa shape index (κ1) is 21.6. The summed E-state index contributed by atoms with van der Waals surface area (Å²) in [4.78, 5) is 39.0. The van der Waals surface area contributed by atoms with Gasteiger partial charge in [-0.05, 0) is 42.7 Å². The van der Waals surface area contributed by atoms with Crippen molar-refractivity contribution in [1.29, 1.82) is 0 Å². The van der Waals surface area contributed by atoms with Crippen LogP contribution < -0.4 is 10.9 Å². The molecule has 6 nitrogen and oxygen atoms in total. The van der Waals surface area contributed by atoms with E-state index in [1.165, 1.54) is 18.2 Å². The highest BCUT2D eigenvalue weighted by atomic mass is 19.4. The third kappa shape index (κ3) is 4.99. The zero-order valence-corrected chi connectivity index (χ0v) is 16.8. The van der Waals surface area contributed by atoms with E-state index < -0.39 is 30.2 Å². The summed E-state index contributed by atoms with van der Waals surface area (Å²) < 4.78 is 42.1. The van der Waals surface area contributed by atoms with Gasteiger partial charge in [-0.1, -0.05) is 30.3 Å². The number of amides is 2. The van der Waals surface area contributed by atoms with Crippen molar-refractivity contribution < 1.29 is 27.2 Å². The Kier molecular flexibility index (Phi) is 5.73. The maximum Gasteiger partial charge on any atom is 0.405 e. The van der Waals surface area contributed by atoms with Crippen LogP contribution in [0.25, 0.3) is 11.0 Å². The van der Waals surface area contributed by atoms with Crippen molar-refractivity contribution in [2.24, 2.45) is 0 Å². The second-order valence-corrected chi connectivity index (χ2v) is 7.64. The van der Waals surface area contributed by atoms with E-state index in [0.29, 0.717) is 16.5 Å². The minimum Gasteiger partial charge on any atom is -0.422 e. The highest BCUT2D eigenvalue weighted by Gasteiger charge is 2.34. The van der Waals surface area contributed by atoms with Gasteiger partial charge in [-0.15, -0.1) is 0 Å². The smallest absolute Gasteiger partial charge is 0.405 e. The van der Waals surface area contributed by atoms with Crippen LogP contribution in [0.1, 0.15) is 39.1 Å². The van der Waals surface area contributed by atoms with Crippen LogP contribution in [-0.2, 0) is 6.54 Å². The molecular formula is C23H19F3N2O4. The summed E-state index contributed by atoms with van der Waals surface area (Å²) in [6.07, 6.45) is -2.87. The summed E-state index contributed by atoms with van der Waals surface area (Å²) in [5.74, 6) is -1.28. The molecule has 2 aromatic carbocycles. The number of carbonyl (C=O) groups excluding carboxylic acids is 2. The van der Waals surface area contributed by atoms with Crippen molar-refractivity contribution in [3.8, 4) is 0 Å². The molecule has 0 atom stereocenters. The SMILES string of the molecule is O=C(NCC(F)(F)F)c1ccc(CN(C(=O)c2cc3ccccc3oc2=O)C2CC2)cc1. The molecule has 1 aliphatic carbocycles. The molecule has 1 aliphatic rings. The maximum absolute atomic E-state index is 13.1. The van der Waals surface area contributed by atoms with Gasteiger partial charge < -0.3 is 14.6 Å². The fourth-order valence-electron chi connectivity index (χ4n) is 3.36. The maximum atomic E-state index is 13.1. The number of para-hydroxylation sites is 1. The van der Waals surface area contributed by atoms with Crippen LogP contribution in [0, 0.1) is 0 Å². The largest absolute Gasteiger partial charge is 0.422 e. The van der Waals surface area contributed by atoms with Crippen LogP contribution in [-0.4, -0.2) is 35.5 Å². The number of nitrogens with one attached hydrogen (secondary N) is 1. The lowest BCUT2D eigenvalue weighted by molar-refractivity contribution is -0.123. The summed E-state index contributed by atoms with van der Waals surface area (Å²) in [5, 5.41) is 2.45. The third-order valence-corrected chi connectivity index (χ3v) is 5.14. The number of carbonyl (C=O) groups is 2. The Bertz CT molecular complexity index is 1210. The Morgan fingerprint density at radius 2 is 1.75 bits per heavy atom. The van der Waals surface area contributed by atoms with E-state index in [1.807, 2.05) is 5.32 Å². The normalized spacial score (nSPS) is 13.7. The minimum atomic E-state index is -4.49. The van der Waals surface area contributed by atoms with Crippen LogP contribution in [0.2, 0.25) is 0 Å². The van der Waals surface area contributed by atoms with Gasteiger partial charge in [-0.3, -0.25) is 9.59 Å². The van der Waals surface area contributed by atoms with Crippen molar-refractivity contribution in [3.63, 3.8) is 0 Å². The molecule has 0 unspecified atom stereocenters. The fourth-order valence-corrected chi connectivity index (χ4v) is 3.36. The topological polar surface area (TPSA) is 79.6 Å². The van der Waals surface area contributed by atoms with E-state index in [4.69, 9.17) is 4.42 Å². The Morgan fingerprint density at radius 3 is 2.41 bits per heavy atom. The van der Waals surface area contributed by atoms with Gasteiger partial charge in [0.1, 0.15) is 17.7 Å². The molecule has 0 bridgehead atoms. The molecular weight excluding hydrogens is 425 g/mol. The predicted octanol–water partition coefficient (Wildman–Crippen LogP) is 3.89. The predicted molar refractivity (Wildman–Crippen MR) is 110 cm³/mol. The molecule has 0 spiro atoms. The summed E-state index contributed by atoms with van der Waals surface area (Å²) >= 11 is 0. The van der Waals surface area contributed by atoms with E-state index in [1.54, 1.807) is 41.3 Å². The molecule has 1 heterocycles. The fraction of sp³-hybridized carbons (Fsp3) is 0.261. The lowest BCUT2D eigenvalue weighted by Crippen LogP contribution is -2.35. The molecule has 0 saturated heterocycles. The van der Waals surface area contributed by atoms with Crippen molar-refractivity contribution in [2.75, 3.05) is 6.54 Å². The number of fused-ring (bicyclic) bond motifs is 1. The Labute approximate surface area is 180 Å². The molecule has 0 aliphatic heterocycles. The summed E-state index contributed by atoms with van der Waals surface area (Å²) in [5.41, 5.74) is 0.390. The van der Waals surface area contributed by atoms with Crippen LogP contribution in [0.3, 0.4) is 0 Å². The quantitative estimate of drug-likeness (QED) is 0.585. The van der Waals surface area contributed by atoms with E-state index >= 15 is 0 Å². The van der Waals surface area contributed by atoms with Gasteiger partial charge in [0.15, 0.2) is 0 Å². The molecule has 1 saturated carbocycles. The van der Waals surface area contributed by atoms with Crippen molar-refractivity contribution in [3.05, 3.63) is 81.7 Å². The highest BCUT2D eigenvalue weighted by Crippen LogP contribution is 2.30. The number of halogens is 3. The first-order valence-corrected chi connectivity index (χ1v) is 9.99. The van der Waals surface area contributed by atoms with Crippen molar-refractivity contribution >= 4 is 22.8 Å². The van der Waals surface area contributed by atoms with Gasteiger partial charge >= 0.3 is 11.8 Å². The van der Waals surface area contributed by atoms with Crippen molar-refractivity contribution in [2.45, 2.75) is 31.6 Å². The number of nitrogens with zero attached hydrogens (tertiary/aromatic N) is 1. The molecule has 166 valence electrons. The monoisotopic (exact) mass is 444 g/mol. The summed E-state index contributed by atoms with van der Waals surface area (Å²) in [6, 6.07) is 14.4. The standard InChI is InChI=1S/C23H19F3N2O4/c24-23(25,26)13-27-20(29)15-7-5-14(6-8-15)12-28(17-9-10-17)21(30)18-11-16-3-1-2-4-19(16)32-22(18)31/h1-8,11,17H,9-10,12-13H2,(H,27,29). The third-order valence-electron chi connectivity index (χ3n) is 5.14. The average molecular weight is 444 g/mol. The zero-order chi connectivity index (χ0) is 22.9. The van der Waals surface area contributed by atoms with E-state index in [2.05, 4.69) is 0 Å². The highest BCUT2D eigenvalue weighted by molar-refractivity contribution is 5.97. The number of benzene rings is 2. The molecule has 2 amide bonds. The first-order chi connectivity index (χ1) is 15.2. The van der Waals surface area contributed by atoms with Gasteiger partial charge in [0.25, 0.3) is 11.8 Å². The Hall–Kier alpha value is -3.62. The van der Waals surface area contributed by atoms with Gasteiger partial charge in [0.05, 0.1) is 0 Å². The van der Waals surface area contributed by atoms with E-state index in [-0.39, 0.29) is 23.7 Å². The van der Waals surface area contributed by atoms with Crippen LogP contribution in [0.5, 0.6) is 0 Å². The molecule has 1 N–H and O–H groups in total. The van der Waals surface area contributed by atoms with Gasteiger partial charge in [-0.25, -0.2) is 4.79 Å². The molecule has 9 heteroatoms. The number of hydrogen-bond acceptors (Lipinski definition) is 4. The van der Waals surface area contributed by atoms with Gasteiger partial charge in [-0.2, -0.15) is 13.2 Å². The zero-order valence-electron chi connectivity index (χ0n) is 16.8. The van der Waals surface area contributed by atoms with E-state index in [0.717, 1.165) is 12.8 Å². The molecule has 32 heavy (non-hydrogen) atoms. The number of alkyl halides is 3. The number of hydrogen-bond donors (Lipinski definition) is 1. The summed E-state index contributed by atoms with van der Waals surface area (Å²) in [6.45, 7) is -1.22. The van der Waals surface area contributed by atoms with Crippen LogP contribution in [0.4, 0.5) is 13.2 Å². The molecule has 1 aromatic heterocycles. The Balaban J connectivity index is 1.51. The lowest BCUT2D eigenvalue weighted by atomic mass is 10.1. The van der Waals surface area contributed by atoms with Crippen molar-refractivity contribution in [1.82, 2.24) is 10.2 Å². The second kappa shape index (κ2) is 8.49. The molecule has 4 rings (SSSR count). The molecule has 1 fully saturated rings. The molecule has 0 radical (unpaired) electrons. The Morgan fingerprint density at radius 1 is 1.06 bits per heavy atom. The summed E-state index contributed by atoms with van der Waals surface area (Å²) in [7, 11) is 0. The van der Waals surface area contributed by atoms with Crippen LogP contribution >= 0.6 is 0 Å². The minimum absolute atomic E-state index is 0.0110. The first-order valence-electron chi connectivity index (χ1n) is 9.99. The second-order valence-electron chi connectivity index (χ2n) is 7.64. The van der Waals surface area contributed by atoms with Crippen LogP contribution in [0.15, 0.2) is 63.8 Å².